The lowest BCUT2D eigenvalue weighted by molar-refractivity contribution is -0.139. The number of ether oxygens (including phenoxy) is 1. The fraction of sp³-hybridized carbons (Fsp3) is 0.211. The van der Waals surface area contributed by atoms with Crippen LogP contribution < -0.4 is 10.3 Å². The van der Waals surface area contributed by atoms with Gasteiger partial charge in [-0.2, -0.15) is 13.2 Å². The van der Waals surface area contributed by atoms with Gasteiger partial charge >= 0.3 is 12.1 Å². The minimum Gasteiger partial charge on any atom is -0.486 e. The smallest absolute Gasteiger partial charge is 0.416 e. The molecule has 10 heteroatoms. The average molecular weight is 410 g/mol. The topological polar surface area (TPSA) is 92.3 Å². The number of H-pyrrole nitrogens is 1. The third kappa shape index (κ3) is 3.91. The van der Waals surface area contributed by atoms with Crippen LogP contribution in [-0.2, 0) is 6.18 Å². The first kappa shape index (κ1) is 20.3. The molecule has 2 aromatic carbocycles. The summed E-state index contributed by atoms with van der Waals surface area (Å²) in [5.74, 6) is -2.48. The summed E-state index contributed by atoms with van der Waals surface area (Å²) in [5, 5.41) is 8.29. The summed E-state index contributed by atoms with van der Waals surface area (Å²) in [6.07, 6.45) is -6.36. The summed E-state index contributed by atoms with van der Waals surface area (Å²) < 4.78 is 61.2. The van der Waals surface area contributed by atoms with Gasteiger partial charge in [0, 0.05) is 5.56 Å². The highest BCUT2D eigenvalue weighted by atomic mass is 19.4. The zero-order valence-electron chi connectivity index (χ0n) is 15.1. The fourth-order valence-corrected chi connectivity index (χ4v) is 2.96. The summed E-state index contributed by atoms with van der Waals surface area (Å²) in [5.41, 5.74) is -3.53. The van der Waals surface area contributed by atoms with E-state index in [1.54, 1.807) is 0 Å². The molecule has 1 atom stereocenters. The second-order valence-electron chi connectivity index (χ2n) is 6.28. The van der Waals surface area contributed by atoms with Gasteiger partial charge in [-0.05, 0) is 44.2 Å². The molecule has 0 amide bonds. The Balaban J connectivity index is 2.14. The molecule has 3 rings (SSSR count). The van der Waals surface area contributed by atoms with E-state index in [0.717, 1.165) is 0 Å². The average Bonchev–Trinajstić information content (AvgIpc) is 2.60. The van der Waals surface area contributed by atoms with Crippen molar-refractivity contribution in [2.24, 2.45) is 0 Å². The number of carboxylic acids is 1. The molecule has 152 valence electrons. The van der Waals surface area contributed by atoms with Gasteiger partial charge in [-0.3, -0.25) is 4.79 Å². The maximum atomic E-state index is 15.1. The van der Waals surface area contributed by atoms with Crippen LogP contribution >= 0.6 is 0 Å². The van der Waals surface area contributed by atoms with Crippen molar-refractivity contribution < 1.29 is 32.2 Å². The lowest BCUT2D eigenvalue weighted by atomic mass is 9.98. The van der Waals surface area contributed by atoms with Crippen LogP contribution in [0.2, 0.25) is 0 Å². The van der Waals surface area contributed by atoms with E-state index in [9.17, 15) is 22.8 Å². The number of nitrogens with one attached hydrogen (secondary N) is 1. The quantitative estimate of drug-likeness (QED) is 0.628. The van der Waals surface area contributed by atoms with Crippen LogP contribution in [0.25, 0.3) is 10.9 Å². The summed E-state index contributed by atoms with van der Waals surface area (Å²) >= 11 is 0. The van der Waals surface area contributed by atoms with E-state index >= 15 is 4.39 Å². The molecule has 0 aliphatic carbocycles. The van der Waals surface area contributed by atoms with Crippen molar-refractivity contribution in [3.8, 4) is 5.75 Å². The van der Waals surface area contributed by atoms with Gasteiger partial charge in [0.2, 0.25) is 0 Å². The number of aryl methyl sites for hydroxylation is 1. The number of alkyl halides is 3. The van der Waals surface area contributed by atoms with Crippen LogP contribution in [0.3, 0.4) is 0 Å². The molecule has 0 saturated heterocycles. The second-order valence-corrected chi connectivity index (χ2v) is 6.28. The van der Waals surface area contributed by atoms with Crippen LogP contribution in [0.5, 0.6) is 5.75 Å². The van der Waals surface area contributed by atoms with E-state index in [0.29, 0.717) is 6.07 Å². The van der Waals surface area contributed by atoms with Gasteiger partial charge < -0.3 is 14.8 Å². The maximum absolute atomic E-state index is 15.1. The Morgan fingerprint density at radius 2 is 1.86 bits per heavy atom. The van der Waals surface area contributed by atoms with Crippen molar-refractivity contribution >= 4 is 16.9 Å². The number of aromatic carboxylic acids is 1. The molecular formula is C19H14F4N2O4. The standard InChI is InChI=1S/C19H14F4N2O4/c1-8(29-11-5-3-10(4-6-11)18(27)28)14-12(19(21,22)23)7-13-15(16(14)20)17(26)25-9(2)24-13/h3-8H,1-2H3,(H,27,28)(H,24,25,26)/t8-/m0/s1. The first-order valence-corrected chi connectivity index (χ1v) is 8.29. The predicted molar refractivity (Wildman–Crippen MR) is 94.5 cm³/mol. The lowest BCUT2D eigenvalue weighted by Crippen LogP contribution is -2.20. The fourth-order valence-electron chi connectivity index (χ4n) is 2.96. The maximum Gasteiger partial charge on any atom is 0.416 e. The van der Waals surface area contributed by atoms with Gasteiger partial charge in [-0.25, -0.2) is 14.2 Å². The largest absolute Gasteiger partial charge is 0.486 e. The number of hydrogen-bond acceptors (Lipinski definition) is 4. The van der Waals surface area contributed by atoms with Gasteiger partial charge in [0.05, 0.1) is 16.6 Å². The first-order valence-electron chi connectivity index (χ1n) is 8.29. The summed E-state index contributed by atoms with van der Waals surface area (Å²) in [6.45, 7) is 2.56. The minimum absolute atomic E-state index is 0.0334. The zero-order chi connectivity index (χ0) is 21.5. The summed E-state index contributed by atoms with van der Waals surface area (Å²) in [4.78, 5) is 29.0. The Hall–Kier alpha value is -3.43. The molecule has 0 unspecified atom stereocenters. The molecule has 3 aromatic rings. The van der Waals surface area contributed by atoms with E-state index in [1.807, 2.05) is 0 Å². The Morgan fingerprint density at radius 3 is 2.41 bits per heavy atom. The molecule has 0 aliphatic heterocycles. The van der Waals surface area contributed by atoms with E-state index < -0.39 is 51.7 Å². The Labute approximate surface area is 160 Å². The Bertz CT molecular complexity index is 1150. The number of carboxylic acid groups (broad SMARTS) is 1. The van der Waals surface area contributed by atoms with Crippen LogP contribution in [0.15, 0.2) is 35.1 Å². The number of fused-ring (bicyclic) bond motifs is 1. The molecule has 0 saturated carbocycles. The van der Waals surface area contributed by atoms with Crippen molar-refractivity contribution in [1.82, 2.24) is 9.97 Å². The third-order valence-corrected chi connectivity index (χ3v) is 4.22. The molecule has 1 heterocycles. The molecule has 6 nitrogen and oxygen atoms in total. The van der Waals surface area contributed by atoms with Crippen LogP contribution in [0, 0.1) is 12.7 Å². The van der Waals surface area contributed by atoms with Crippen molar-refractivity contribution in [3.63, 3.8) is 0 Å². The monoisotopic (exact) mass is 410 g/mol. The van der Waals surface area contributed by atoms with E-state index in [2.05, 4.69) is 9.97 Å². The third-order valence-electron chi connectivity index (χ3n) is 4.22. The number of carbonyl (C=O) groups is 1. The molecule has 0 radical (unpaired) electrons. The van der Waals surface area contributed by atoms with Crippen LogP contribution in [0.4, 0.5) is 17.6 Å². The highest BCUT2D eigenvalue weighted by Crippen LogP contribution is 2.39. The number of nitrogens with zero attached hydrogens (tertiary/aromatic N) is 1. The number of benzene rings is 2. The Kier molecular flexibility index (Phi) is 5.04. The molecule has 0 bridgehead atoms. The zero-order valence-corrected chi connectivity index (χ0v) is 15.1. The lowest BCUT2D eigenvalue weighted by Gasteiger charge is -2.21. The second kappa shape index (κ2) is 7.19. The van der Waals surface area contributed by atoms with Gasteiger partial charge in [-0.15, -0.1) is 0 Å². The summed E-state index contributed by atoms with van der Waals surface area (Å²) in [6, 6.07) is 5.49. The first-order chi connectivity index (χ1) is 13.5. The number of hydrogen-bond donors (Lipinski definition) is 2. The van der Waals surface area contributed by atoms with E-state index in [-0.39, 0.29) is 17.1 Å². The summed E-state index contributed by atoms with van der Waals surface area (Å²) in [7, 11) is 0. The number of halogens is 4. The Morgan fingerprint density at radius 1 is 1.24 bits per heavy atom. The van der Waals surface area contributed by atoms with Crippen molar-refractivity contribution in [2.45, 2.75) is 26.1 Å². The normalized spacial score (nSPS) is 12.8. The molecule has 2 N–H and O–H groups in total. The highest BCUT2D eigenvalue weighted by molar-refractivity contribution is 5.87. The number of aromatic amines is 1. The SMILES string of the molecule is Cc1nc2cc(C(F)(F)F)c([C@H](C)Oc3ccc(C(=O)O)cc3)c(F)c2c(=O)[nH]1. The van der Waals surface area contributed by atoms with Crippen molar-refractivity contribution in [3.05, 3.63) is 69.0 Å². The van der Waals surface area contributed by atoms with Gasteiger partial charge in [0.1, 0.15) is 28.9 Å². The van der Waals surface area contributed by atoms with Crippen molar-refractivity contribution in [2.75, 3.05) is 0 Å². The molecule has 29 heavy (non-hydrogen) atoms. The van der Waals surface area contributed by atoms with Crippen LogP contribution in [-0.4, -0.2) is 21.0 Å². The van der Waals surface area contributed by atoms with Gasteiger partial charge in [-0.1, -0.05) is 0 Å². The number of rotatable bonds is 4. The molecule has 0 spiro atoms. The highest BCUT2D eigenvalue weighted by Gasteiger charge is 2.38. The predicted octanol–water partition coefficient (Wildman–Crippen LogP) is 4.23. The molecular weight excluding hydrogens is 396 g/mol. The molecule has 0 fully saturated rings. The van der Waals surface area contributed by atoms with Crippen LogP contribution in [0.1, 0.15) is 40.3 Å². The van der Waals surface area contributed by atoms with E-state index in [4.69, 9.17) is 9.84 Å². The van der Waals surface area contributed by atoms with Gasteiger partial charge in [0.25, 0.3) is 5.56 Å². The molecule has 0 aliphatic rings. The minimum atomic E-state index is -4.92. The number of aromatic nitrogens is 2. The van der Waals surface area contributed by atoms with Gasteiger partial charge in [0.15, 0.2) is 0 Å². The van der Waals surface area contributed by atoms with E-state index in [1.165, 1.54) is 38.1 Å². The molecule has 1 aromatic heterocycles. The van der Waals surface area contributed by atoms with Crippen molar-refractivity contribution in [1.29, 1.82) is 0 Å².